The smallest absolute Gasteiger partial charge is 0.118 e. The molecule has 106 valence electrons. The number of furan rings is 1. The van der Waals surface area contributed by atoms with Crippen LogP contribution in [0.15, 0.2) is 16.5 Å². The van der Waals surface area contributed by atoms with Gasteiger partial charge in [0.2, 0.25) is 0 Å². The van der Waals surface area contributed by atoms with E-state index in [2.05, 4.69) is 41.3 Å². The Labute approximate surface area is 115 Å². The lowest BCUT2D eigenvalue weighted by Crippen LogP contribution is -2.31. The number of hydrogen-bond acceptors (Lipinski definition) is 4. The molecule has 0 spiro atoms. The normalized spacial score (nSPS) is 24.5. The first-order valence-electron chi connectivity index (χ1n) is 7.40. The maximum absolute atomic E-state index is 5.90. The second kappa shape index (κ2) is 5.65. The predicted octanol–water partition coefficient (Wildman–Crippen LogP) is 1.67. The molecule has 0 aromatic carbocycles. The third-order valence-electron chi connectivity index (χ3n) is 4.22. The lowest BCUT2D eigenvalue weighted by molar-refractivity contribution is 0.249. The largest absolute Gasteiger partial charge is 0.463 e. The van der Waals surface area contributed by atoms with Gasteiger partial charge in [0.15, 0.2) is 0 Å². The molecule has 1 aromatic heterocycles. The lowest BCUT2D eigenvalue weighted by Gasteiger charge is -2.19. The molecule has 1 aromatic rings. The first-order valence-corrected chi connectivity index (χ1v) is 7.40. The third kappa shape index (κ3) is 3.59. The summed E-state index contributed by atoms with van der Waals surface area (Å²) in [4.78, 5) is 4.81. The Morgan fingerprint density at radius 1 is 1.26 bits per heavy atom. The summed E-state index contributed by atoms with van der Waals surface area (Å²) in [5.41, 5.74) is 0. The molecule has 1 aliphatic carbocycles. The van der Waals surface area contributed by atoms with Crippen molar-refractivity contribution in [2.24, 2.45) is 0 Å². The van der Waals surface area contributed by atoms with Crippen LogP contribution in [-0.4, -0.2) is 49.1 Å². The summed E-state index contributed by atoms with van der Waals surface area (Å²) in [5.74, 6) is 2.18. The zero-order chi connectivity index (χ0) is 13.2. The van der Waals surface area contributed by atoms with Crippen molar-refractivity contribution >= 4 is 0 Å². The Kier molecular flexibility index (Phi) is 3.91. The highest BCUT2D eigenvalue weighted by atomic mass is 16.3. The van der Waals surface area contributed by atoms with E-state index in [9.17, 15) is 0 Å². The highest BCUT2D eigenvalue weighted by Gasteiger charge is 2.24. The Balaban J connectivity index is 1.47. The Bertz CT molecular complexity index is 411. The van der Waals surface area contributed by atoms with Gasteiger partial charge in [0.25, 0.3) is 0 Å². The van der Waals surface area contributed by atoms with Crippen LogP contribution in [0.5, 0.6) is 0 Å². The fraction of sp³-hybridized carbons (Fsp3) is 0.733. The van der Waals surface area contributed by atoms with Crippen molar-refractivity contribution in [3.63, 3.8) is 0 Å². The molecule has 2 aliphatic rings. The third-order valence-corrected chi connectivity index (χ3v) is 4.22. The molecule has 1 unspecified atom stereocenters. The van der Waals surface area contributed by atoms with Crippen molar-refractivity contribution in [1.82, 2.24) is 15.1 Å². The van der Waals surface area contributed by atoms with E-state index in [-0.39, 0.29) is 0 Å². The van der Waals surface area contributed by atoms with Crippen molar-refractivity contribution < 1.29 is 4.42 Å². The molecule has 1 saturated heterocycles. The van der Waals surface area contributed by atoms with Crippen LogP contribution in [0.25, 0.3) is 0 Å². The van der Waals surface area contributed by atoms with E-state index in [1.54, 1.807) is 0 Å². The van der Waals surface area contributed by atoms with Gasteiger partial charge in [0.05, 0.1) is 13.1 Å². The van der Waals surface area contributed by atoms with Crippen LogP contribution in [-0.2, 0) is 13.1 Å². The molecule has 0 amide bonds. The molecule has 1 atom stereocenters. The number of nitrogens with one attached hydrogen (secondary N) is 1. The van der Waals surface area contributed by atoms with Crippen molar-refractivity contribution in [2.75, 3.05) is 27.2 Å². The second-order valence-electron chi connectivity index (χ2n) is 6.16. The monoisotopic (exact) mass is 263 g/mol. The molecule has 2 fully saturated rings. The van der Waals surface area contributed by atoms with Gasteiger partial charge in [0.1, 0.15) is 11.5 Å². The Morgan fingerprint density at radius 3 is 2.74 bits per heavy atom. The summed E-state index contributed by atoms with van der Waals surface area (Å²) in [6, 6.07) is 5.69. The van der Waals surface area contributed by atoms with Crippen LogP contribution < -0.4 is 5.32 Å². The van der Waals surface area contributed by atoms with Crippen LogP contribution in [0.3, 0.4) is 0 Å². The van der Waals surface area contributed by atoms with Gasteiger partial charge in [-0.3, -0.25) is 4.90 Å². The van der Waals surface area contributed by atoms with Gasteiger partial charge in [0, 0.05) is 25.2 Å². The molecule has 0 bridgehead atoms. The fourth-order valence-electron chi connectivity index (χ4n) is 2.73. The van der Waals surface area contributed by atoms with E-state index in [0.29, 0.717) is 6.04 Å². The van der Waals surface area contributed by atoms with Gasteiger partial charge in [-0.15, -0.1) is 0 Å². The highest BCUT2D eigenvalue weighted by Crippen LogP contribution is 2.21. The molecule has 3 rings (SSSR count). The molecule has 2 heterocycles. The van der Waals surface area contributed by atoms with E-state index in [4.69, 9.17) is 4.42 Å². The van der Waals surface area contributed by atoms with Gasteiger partial charge in [-0.25, -0.2) is 0 Å². The van der Waals surface area contributed by atoms with Gasteiger partial charge in [-0.1, -0.05) is 0 Å². The molecular weight excluding hydrogens is 238 g/mol. The molecule has 1 N–H and O–H groups in total. The maximum atomic E-state index is 5.90. The summed E-state index contributed by atoms with van der Waals surface area (Å²) in [7, 11) is 4.34. The Morgan fingerprint density at radius 2 is 2.05 bits per heavy atom. The standard InChI is InChI=1S/C15H25N3O/c1-17(2)13-7-8-18(10-13)11-15-6-5-14(19-15)9-16-12-3-4-12/h5-6,12-13,16H,3-4,7-11H2,1-2H3. The van der Waals surface area contributed by atoms with Gasteiger partial charge < -0.3 is 14.6 Å². The van der Waals surface area contributed by atoms with E-state index in [0.717, 1.165) is 37.2 Å². The Hall–Kier alpha value is -0.840. The van der Waals surface area contributed by atoms with Crippen LogP contribution in [0.4, 0.5) is 0 Å². The first kappa shape index (κ1) is 13.2. The molecule has 19 heavy (non-hydrogen) atoms. The summed E-state index contributed by atoms with van der Waals surface area (Å²) >= 11 is 0. The summed E-state index contributed by atoms with van der Waals surface area (Å²) in [6.45, 7) is 4.17. The predicted molar refractivity (Wildman–Crippen MR) is 75.9 cm³/mol. The van der Waals surface area contributed by atoms with Gasteiger partial charge >= 0.3 is 0 Å². The zero-order valence-corrected chi connectivity index (χ0v) is 12.1. The summed E-state index contributed by atoms with van der Waals surface area (Å²) in [6.07, 6.45) is 3.92. The van der Waals surface area contributed by atoms with Crippen LogP contribution in [0.1, 0.15) is 30.8 Å². The SMILES string of the molecule is CN(C)C1CCN(Cc2ccc(CNC3CC3)o2)C1. The quantitative estimate of drug-likeness (QED) is 0.846. The molecule has 1 saturated carbocycles. The number of nitrogens with zero attached hydrogens (tertiary/aromatic N) is 2. The van der Waals surface area contributed by atoms with Crippen molar-refractivity contribution in [3.05, 3.63) is 23.7 Å². The topological polar surface area (TPSA) is 31.6 Å². The second-order valence-corrected chi connectivity index (χ2v) is 6.16. The van der Waals surface area contributed by atoms with E-state index < -0.39 is 0 Å². The number of likely N-dealkylation sites (N-methyl/N-ethyl adjacent to an activating group) is 1. The van der Waals surface area contributed by atoms with Crippen molar-refractivity contribution in [3.8, 4) is 0 Å². The van der Waals surface area contributed by atoms with E-state index in [1.807, 2.05) is 0 Å². The average Bonchev–Trinajstić information content (AvgIpc) is 2.91. The zero-order valence-electron chi connectivity index (χ0n) is 12.1. The molecule has 4 heteroatoms. The minimum absolute atomic E-state index is 0.700. The minimum atomic E-state index is 0.700. The summed E-state index contributed by atoms with van der Waals surface area (Å²) in [5, 5.41) is 3.49. The van der Waals surface area contributed by atoms with Crippen LogP contribution >= 0.6 is 0 Å². The van der Waals surface area contributed by atoms with Crippen molar-refractivity contribution in [2.45, 2.75) is 44.4 Å². The molecule has 1 aliphatic heterocycles. The van der Waals surface area contributed by atoms with Gasteiger partial charge in [-0.2, -0.15) is 0 Å². The number of hydrogen-bond donors (Lipinski definition) is 1. The van der Waals surface area contributed by atoms with E-state index >= 15 is 0 Å². The number of rotatable bonds is 6. The lowest BCUT2D eigenvalue weighted by atomic mass is 10.2. The molecular formula is C15H25N3O. The fourth-order valence-corrected chi connectivity index (χ4v) is 2.73. The molecule has 0 radical (unpaired) electrons. The van der Waals surface area contributed by atoms with Crippen LogP contribution in [0.2, 0.25) is 0 Å². The first-order chi connectivity index (χ1) is 9.20. The van der Waals surface area contributed by atoms with Gasteiger partial charge in [-0.05, 0) is 45.5 Å². The minimum Gasteiger partial charge on any atom is -0.463 e. The highest BCUT2D eigenvalue weighted by molar-refractivity contribution is 5.08. The average molecular weight is 263 g/mol. The molecule has 4 nitrogen and oxygen atoms in total. The maximum Gasteiger partial charge on any atom is 0.118 e. The van der Waals surface area contributed by atoms with Crippen molar-refractivity contribution in [1.29, 1.82) is 0 Å². The number of likely N-dealkylation sites (tertiary alicyclic amines) is 1. The van der Waals surface area contributed by atoms with Crippen LogP contribution in [0, 0.1) is 0 Å². The van der Waals surface area contributed by atoms with E-state index in [1.165, 1.54) is 25.8 Å². The summed E-state index contributed by atoms with van der Waals surface area (Å²) < 4.78 is 5.90.